The molecule has 3 atom stereocenters. The Morgan fingerprint density at radius 1 is 0.905 bits per heavy atom. The lowest BCUT2D eigenvalue weighted by atomic mass is 9.82. The molecule has 4 N–H and O–H groups in total. The van der Waals surface area contributed by atoms with E-state index in [1.165, 1.54) is 27.4 Å². The molecular weight excluding hydrogens is 534 g/mol. The summed E-state index contributed by atoms with van der Waals surface area (Å²) in [5.74, 6) is 0.698. The summed E-state index contributed by atoms with van der Waals surface area (Å²) in [6, 6.07) is 23.2. The monoisotopic (exact) mass is 563 g/mol. The molecule has 9 rings (SSSR count). The van der Waals surface area contributed by atoms with Gasteiger partial charge in [0, 0.05) is 54.9 Å². The van der Waals surface area contributed by atoms with Crippen LogP contribution in [0.15, 0.2) is 124 Å². The minimum Gasteiger partial charge on any atom is -0.456 e. The summed E-state index contributed by atoms with van der Waals surface area (Å²) < 4.78 is 6.19. The smallest absolute Gasteiger partial charge is 0.135 e. The highest BCUT2D eigenvalue weighted by Crippen LogP contribution is 2.63. The van der Waals surface area contributed by atoms with Gasteiger partial charge in [0.25, 0.3) is 0 Å². The van der Waals surface area contributed by atoms with Gasteiger partial charge in [-0.05, 0) is 84.6 Å². The third-order valence-corrected chi connectivity index (χ3v) is 10.9. The highest BCUT2D eigenvalue weighted by Gasteiger charge is 2.47. The van der Waals surface area contributed by atoms with E-state index < -0.39 is 0 Å². The van der Waals surface area contributed by atoms with Gasteiger partial charge >= 0.3 is 0 Å². The topological polar surface area (TPSA) is 68.4 Å². The summed E-state index contributed by atoms with van der Waals surface area (Å²) in [6.45, 7) is 2.37. The van der Waals surface area contributed by atoms with Crippen molar-refractivity contribution in [2.75, 3.05) is 16.4 Å². The molecule has 0 bridgehead atoms. The lowest BCUT2D eigenvalue weighted by Crippen LogP contribution is -2.22. The molecule has 0 amide bonds. The Bertz CT molecular complexity index is 2120. The lowest BCUT2D eigenvalue weighted by molar-refractivity contribution is 0.669. The van der Waals surface area contributed by atoms with Gasteiger partial charge in [0.1, 0.15) is 11.2 Å². The zero-order chi connectivity index (χ0) is 28.2. The second-order valence-corrected chi connectivity index (χ2v) is 13.4. The number of hydrogen-bond acceptors (Lipinski definition) is 5. The van der Waals surface area contributed by atoms with Gasteiger partial charge < -0.3 is 20.8 Å². The minimum atomic E-state index is 0.0442. The number of furan rings is 1. The predicted octanol–water partition coefficient (Wildman–Crippen LogP) is 9.57. The van der Waals surface area contributed by atoms with Crippen molar-refractivity contribution in [2.24, 2.45) is 0 Å². The molecule has 3 unspecified atom stereocenters. The third kappa shape index (κ3) is 3.20. The van der Waals surface area contributed by atoms with Crippen LogP contribution >= 0.6 is 11.8 Å². The van der Waals surface area contributed by atoms with Gasteiger partial charge in [-0.3, -0.25) is 0 Å². The molecule has 42 heavy (non-hydrogen) atoms. The molecule has 4 aliphatic rings. The number of allylic oxidation sites excluding steroid dienone is 7. The van der Waals surface area contributed by atoms with Gasteiger partial charge in [0.05, 0.1) is 11.4 Å². The van der Waals surface area contributed by atoms with Gasteiger partial charge in [0.15, 0.2) is 0 Å². The van der Waals surface area contributed by atoms with Crippen LogP contribution in [0.1, 0.15) is 36.3 Å². The Hall–Kier alpha value is -4.61. The number of nitrogen functional groups attached to an aromatic ring is 2. The molecule has 0 fully saturated rings. The fraction of sp³-hybridized carbons (Fsp3) is 0.135. The van der Waals surface area contributed by atoms with Crippen LogP contribution in [0.25, 0.3) is 33.1 Å². The van der Waals surface area contributed by atoms with Gasteiger partial charge in [-0.1, -0.05) is 54.7 Å². The molecule has 2 aliphatic carbocycles. The van der Waals surface area contributed by atoms with Gasteiger partial charge in [-0.15, -0.1) is 11.8 Å². The Morgan fingerprint density at radius 2 is 1.76 bits per heavy atom. The van der Waals surface area contributed by atoms with Crippen molar-refractivity contribution in [3.63, 3.8) is 0 Å². The maximum absolute atomic E-state index is 6.83. The van der Waals surface area contributed by atoms with Crippen molar-refractivity contribution in [2.45, 2.75) is 34.8 Å². The molecule has 0 saturated heterocycles. The molecule has 5 heteroatoms. The molecular formula is C37H29N3OS. The summed E-state index contributed by atoms with van der Waals surface area (Å²) in [4.78, 5) is 3.90. The Kier molecular flexibility index (Phi) is 4.84. The van der Waals surface area contributed by atoms with Crippen molar-refractivity contribution in [3.05, 3.63) is 126 Å². The average Bonchev–Trinajstić information content (AvgIpc) is 3.63. The summed E-state index contributed by atoms with van der Waals surface area (Å²) >= 11 is 2.03. The standard InChI is InChI=1S/C37H29N3OS/c1-37-18-5-4-8-27(37)23-14-15-31-35(36(23)42-37)24-7-2-3-10-29(24)40(31)30-11-6-9-28(39)34(30)21-12-16-32-25(19-21)26-20-22(38)13-17-33(26)41-32/h2-6,8-20,24,27H,7,38-39H2,1H3. The van der Waals surface area contributed by atoms with E-state index in [9.17, 15) is 0 Å². The van der Waals surface area contributed by atoms with E-state index in [1.54, 1.807) is 0 Å². The number of rotatable bonds is 2. The molecule has 5 aromatic rings. The number of nitrogens with zero attached hydrogens (tertiary/aromatic N) is 1. The van der Waals surface area contributed by atoms with E-state index in [0.29, 0.717) is 11.8 Å². The molecule has 0 saturated carbocycles. The molecule has 0 radical (unpaired) electrons. The molecule has 4 aromatic carbocycles. The van der Waals surface area contributed by atoms with Crippen LogP contribution in [-0.2, 0) is 0 Å². The first-order valence-corrected chi connectivity index (χ1v) is 15.3. The van der Waals surface area contributed by atoms with Crippen LogP contribution in [0, 0.1) is 0 Å². The summed E-state index contributed by atoms with van der Waals surface area (Å²) in [5.41, 5.74) is 24.8. The van der Waals surface area contributed by atoms with Crippen LogP contribution in [0.5, 0.6) is 0 Å². The SMILES string of the molecule is CC12C=CC=CC1c1ccc3c(c1S2)C1CC=CC=C1N3c1cccc(N)c1-c1ccc2oc3ccc(N)cc3c2c1. The maximum atomic E-state index is 6.83. The van der Waals surface area contributed by atoms with Crippen molar-refractivity contribution in [1.82, 2.24) is 0 Å². The maximum Gasteiger partial charge on any atom is 0.135 e. The van der Waals surface area contributed by atoms with Crippen LogP contribution < -0.4 is 16.4 Å². The normalized spacial score (nSPS) is 23.3. The predicted molar refractivity (Wildman–Crippen MR) is 176 cm³/mol. The number of benzene rings is 4. The second-order valence-electron chi connectivity index (χ2n) is 11.9. The number of nitrogens with two attached hydrogens (primary N) is 2. The van der Waals surface area contributed by atoms with Crippen LogP contribution in [0.3, 0.4) is 0 Å². The molecule has 4 nitrogen and oxygen atoms in total. The Balaban J connectivity index is 1.26. The molecule has 0 spiro atoms. The van der Waals surface area contributed by atoms with Gasteiger partial charge in [-0.25, -0.2) is 0 Å². The summed E-state index contributed by atoms with van der Waals surface area (Å²) in [6.07, 6.45) is 16.9. The van der Waals surface area contributed by atoms with E-state index >= 15 is 0 Å². The van der Waals surface area contributed by atoms with Crippen LogP contribution in [0.2, 0.25) is 0 Å². The second kappa shape index (κ2) is 8.46. The Morgan fingerprint density at radius 3 is 2.67 bits per heavy atom. The van der Waals surface area contributed by atoms with Crippen molar-refractivity contribution in [1.29, 1.82) is 0 Å². The quantitative estimate of drug-likeness (QED) is 0.209. The van der Waals surface area contributed by atoms with E-state index in [2.05, 4.69) is 90.8 Å². The number of hydrogen-bond donors (Lipinski definition) is 2. The van der Waals surface area contributed by atoms with E-state index in [4.69, 9.17) is 15.9 Å². The third-order valence-electron chi connectivity index (χ3n) is 9.40. The molecule has 2 aliphatic heterocycles. The molecule has 1 aromatic heterocycles. The fourth-order valence-electron chi connectivity index (χ4n) is 7.47. The summed E-state index contributed by atoms with van der Waals surface area (Å²) in [7, 11) is 0. The van der Waals surface area contributed by atoms with Crippen molar-refractivity contribution in [3.8, 4) is 11.1 Å². The molecule has 3 heterocycles. The highest BCUT2D eigenvalue weighted by atomic mass is 32.2. The minimum absolute atomic E-state index is 0.0442. The molecule has 204 valence electrons. The van der Waals surface area contributed by atoms with Crippen molar-refractivity contribution < 1.29 is 4.42 Å². The van der Waals surface area contributed by atoms with Gasteiger partial charge in [0.2, 0.25) is 0 Å². The van der Waals surface area contributed by atoms with Gasteiger partial charge in [-0.2, -0.15) is 0 Å². The first-order chi connectivity index (χ1) is 20.5. The number of thioether (sulfide) groups is 1. The van der Waals surface area contributed by atoms with E-state index in [1.807, 2.05) is 42.1 Å². The zero-order valence-corrected chi connectivity index (χ0v) is 24.0. The number of fused-ring (bicyclic) bond motifs is 10. The fourth-order valence-corrected chi connectivity index (χ4v) is 9.06. The summed E-state index contributed by atoms with van der Waals surface area (Å²) in [5, 5.41) is 2.05. The first-order valence-electron chi connectivity index (χ1n) is 14.5. The van der Waals surface area contributed by atoms with E-state index in [0.717, 1.165) is 56.5 Å². The Labute approximate surface area is 248 Å². The average molecular weight is 564 g/mol. The van der Waals surface area contributed by atoms with E-state index in [-0.39, 0.29) is 4.75 Å². The number of anilines is 4. The van der Waals surface area contributed by atoms with Crippen LogP contribution in [0.4, 0.5) is 22.7 Å². The first kappa shape index (κ1) is 24.0. The van der Waals surface area contributed by atoms with Crippen molar-refractivity contribution >= 4 is 56.4 Å². The zero-order valence-electron chi connectivity index (χ0n) is 23.2. The largest absolute Gasteiger partial charge is 0.456 e. The lowest BCUT2D eigenvalue weighted by Gasteiger charge is -2.28. The highest BCUT2D eigenvalue weighted by molar-refractivity contribution is 8.01. The van der Waals surface area contributed by atoms with Crippen LogP contribution in [-0.4, -0.2) is 4.75 Å².